The number of carbonyl (C=O) groups is 2. The molecule has 0 radical (unpaired) electrons. The highest BCUT2D eigenvalue weighted by Crippen LogP contribution is 2.37. The second-order valence-corrected chi connectivity index (χ2v) is 6.91. The van der Waals surface area contributed by atoms with Crippen LogP contribution in [-0.4, -0.2) is 49.9 Å². The smallest absolute Gasteiger partial charge is 0.233 e. The second-order valence-electron chi connectivity index (χ2n) is 6.91. The molecule has 2 saturated heterocycles. The lowest BCUT2D eigenvalue weighted by molar-refractivity contribution is -0.150. The molecule has 2 atom stereocenters. The maximum atomic E-state index is 12.5. The van der Waals surface area contributed by atoms with Gasteiger partial charge >= 0.3 is 0 Å². The maximum Gasteiger partial charge on any atom is 0.233 e. The highest BCUT2D eigenvalue weighted by molar-refractivity contribution is 5.98. The SMILES string of the molecule is CN1C(=O)CCC(C2NCc3cc(N4CCNCC4)ccc32)C1=O. The van der Waals surface area contributed by atoms with Gasteiger partial charge in [-0.05, 0) is 29.7 Å². The predicted molar refractivity (Wildman–Crippen MR) is 91.6 cm³/mol. The third-order valence-electron chi connectivity index (χ3n) is 5.55. The third-order valence-corrected chi connectivity index (χ3v) is 5.55. The largest absolute Gasteiger partial charge is 0.369 e. The van der Waals surface area contributed by atoms with Gasteiger partial charge in [-0.2, -0.15) is 0 Å². The van der Waals surface area contributed by atoms with E-state index >= 15 is 0 Å². The van der Waals surface area contributed by atoms with Crippen LogP contribution in [0.5, 0.6) is 0 Å². The zero-order chi connectivity index (χ0) is 16.7. The first-order valence-electron chi connectivity index (χ1n) is 8.77. The van der Waals surface area contributed by atoms with Crippen molar-refractivity contribution in [3.63, 3.8) is 0 Å². The van der Waals surface area contributed by atoms with E-state index in [1.807, 2.05) is 0 Å². The molecule has 6 nitrogen and oxygen atoms in total. The van der Waals surface area contributed by atoms with E-state index < -0.39 is 0 Å². The number of nitrogens with one attached hydrogen (secondary N) is 2. The number of piperidine rings is 1. The Bertz CT molecular complexity index is 669. The standard InChI is InChI=1S/C18H24N4O2/c1-21-16(23)5-4-15(18(21)24)17-14-3-2-13(10-12(14)11-20-17)22-8-6-19-7-9-22/h2-3,10,15,17,19-20H,4-9,11H2,1H3. The molecule has 0 aromatic heterocycles. The molecule has 24 heavy (non-hydrogen) atoms. The highest BCUT2D eigenvalue weighted by Gasteiger charge is 2.40. The minimum Gasteiger partial charge on any atom is -0.369 e. The molecule has 2 amide bonds. The lowest BCUT2D eigenvalue weighted by Crippen LogP contribution is -2.45. The molecule has 2 N–H and O–H groups in total. The molecule has 3 heterocycles. The van der Waals surface area contributed by atoms with Crippen molar-refractivity contribution in [2.45, 2.75) is 25.4 Å². The van der Waals surface area contributed by atoms with E-state index in [0.717, 1.165) is 32.7 Å². The molecule has 0 aliphatic carbocycles. The molecule has 3 aliphatic heterocycles. The minimum atomic E-state index is -0.140. The van der Waals surface area contributed by atoms with Crippen LogP contribution in [0.15, 0.2) is 18.2 Å². The molecule has 0 bridgehead atoms. The van der Waals surface area contributed by atoms with E-state index in [9.17, 15) is 9.59 Å². The van der Waals surface area contributed by atoms with Crippen molar-refractivity contribution >= 4 is 17.5 Å². The van der Waals surface area contributed by atoms with E-state index in [1.54, 1.807) is 7.05 Å². The Balaban J connectivity index is 1.56. The molecule has 4 rings (SSSR count). The quantitative estimate of drug-likeness (QED) is 0.780. The fourth-order valence-electron chi connectivity index (χ4n) is 4.11. The van der Waals surface area contributed by atoms with Gasteiger partial charge < -0.3 is 15.5 Å². The zero-order valence-electron chi connectivity index (χ0n) is 14.0. The van der Waals surface area contributed by atoms with Crippen LogP contribution in [0.1, 0.15) is 30.0 Å². The van der Waals surface area contributed by atoms with Crippen LogP contribution < -0.4 is 15.5 Å². The fourth-order valence-corrected chi connectivity index (χ4v) is 4.11. The Hall–Kier alpha value is -1.92. The first-order chi connectivity index (χ1) is 11.6. The number of hydrogen-bond acceptors (Lipinski definition) is 5. The minimum absolute atomic E-state index is 0.0279. The summed E-state index contributed by atoms with van der Waals surface area (Å²) in [6.45, 7) is 4.90. The molecule has 0 spiro atoms. The van der Waals surface area contributed by atoms with Crippen LogP contribution in [0.4, 0.5) is 5.69 Å². The van der Waals surface area contributed by atoms with E-state index in [0.29, 0.717) is 12.8 Å². The van der Waals surface area contributed by atoms with E-state index in [2.05, 4.69) is 33.7 Å². The highest BCUT2D eigenvalue weighted by atomic mass is 16.2. The first kappa shape index (κ1) is 15.6. The summed E-state index contributed by atoms with van der Waals surface area (Å²) in [5, 5.41) is 6.87. The average Bonchev–Trinajstić information content (AvgIpc) is 3.04. The summed E-state index contributed by atoms with van der Waals surface area (Å²) in [6, 6.07) is 6.63. The van der Waals surface area contributed by atoms with Crippen LogP contribution in [-0.2, 0) is 16.1 Å². The van der Waals surface area contributed by atoms with Gasteiger partial charge in [-0.15, -0.1) is 0 Å². The summed E-state index contributed by atoms with van der Waals surface area (Å²) in [4.78, 5) is 27.9. The van der Waals surface area contributed by atoms with Crippen molar-refractivity contribution in [3.05, 3.63) is 29.3 Å². The van der Waals surface area contributed by atoms with Crippen LogP contribution in [0.3, 0.4) is 0 Å². The normalized spacial score (nSPS) is 27.5. The Morgan fingerprint density at radius 1 is 1.17 bits per heavy atom. The van der Waals surface area contributed by atoms with Crippen LogP contribution in [0.25, 0.3) is 0 Å². The van der Waals surface area contributed by atoms with Crippen LogP contribution in [0, 0.1) is 5.92 Å². The van der Waals surface area contributed by atoms with Crippen LogP contribution in [0.2, 0.25) is 0 Å². The summed E-state index contributed by atoms with van der Waals surface area (Å²) in [6.07, 6.45) is 1.10. The zero-order valence-corrected chi connectivity index (χ0v) is 14.0. The number of likely N-dealkylation sites (tertiary alicyclic amines) is 1. The molecule has 2 fully saturated rings. The van der Waals surface area contributed by atoms with E-state index in [-0.39, 0.29) is 23.8 Å². The summed E-state index contributed by atoms with van der Waals surface area (Å²) in [7, 11) is 1.60. The topological polar surface area (TPSA) is 64.7 Å². The van der Waals surface area contributed by atoms with Gasteiger partial charge in [0.2, 0.25) is 11.8 Å². The summed E-state index contributed by atoms with van der Waals surface area (Å²) in [5.41, 5.74) is 3.76. The number of nitrogens with zero attached hydrogens (tertiary/aromatic N) is 2. The molecule has 6 heteroatoms. The molecule has 1 aromatic carbocycles. The summed E-state index contributed by atoms with van der Waals surface area (Å²) < 4.78 is 0. The Labute approximate surface area is 142 Å². The first-order valence-corrected chi connectivity index (χ1v) is 8.77. The van der Waals surface area contributed by atoms with E-state index in [4.69, 9.17) is 0 Å². The van der Waals surface area contributed by atoms with Gasteiger partial charge in [-0.3, -0.25) is 14.5 Å². The molecule has 2 unspecified atom stereocenters. The number of carbonyl (C=O) groups excluding carboxylic acids is 2. The van der Waals surface area contributed by atoms with Gasteiger partial charge in [0.25, 0.3) is 0 Å². The van der Waals surface area contributed by atoms with Crippen molar-refractivity contribution in [1.29, 1.82) is 0 Å². The van der Waals surface area contributed by atoms with Crippen molar-refractivity contribution in [3.8, 4) is 0 Å². The summed E-state index contributed by atoms with van der Waals surface area (Å²) >= 11 is 0. The van der Waals surface area contributed by atoms with Crippen molar-refractivity contribution in [1.82, 2.24) is 15.5 Å². The Kier molecular flexibility index (Phi) is 4.02. The molecule has 0 saturated carbocycles. The van der Waals surface area contributed by atoms with Gasteiger partial charge in [0.05, 0.1) is 5.92 Å². The number of anilines is 1. The van der Waals surface area contributed by atoms with Crippen molar-refractivity contribution in [2.24, 2.45) is 5.92 Å². The predicted octanol–water partition coefficient (Wildman–Crippen LogP) is 0.635. The monoisotopic (exact) mass is 328 g/mol. The maximum absolute atomic E-state index is 12.5. The van der Waals surface area contributed by atoms with Gasteiger partial charge in [0.1, 0.15) is 0 Å². The molecular weight excluding hydrogens is 304 g/mol. The van der Waals surface area contributed by atoms with E-state index in [1.165, 1.54) is 21.7 Å². The lowest BCUT2D eigenvalue weighted by atomic mass is 9.86. The van der Waals surface area contributed by atoms with Crippen LogP contribution >= 0.6 is 0 Å². The number of hydrogen-bond donors (Lipinski definition) is 2. The second kappa shape index (κ2) is 6.18. The molecular formula is C18H24N4O2. The third kappa shape index (κ3) is 2.59. The number of imide groups is 1. The fraction of sp³-hybridized carbons (Fsp3) is 0.556. The Morgan fingerprint density at radius 3 is 2.75 bits per heavy atom. The van der Waals surface area contributed by atoms with Gasteiger partial charge in [-0.25, -0.2) is 0 Å². The van der Waals surface area contributed by atoms with Gasteiger partial charge in [0.15, 0.2) is 0 Å². The number of piperazine rings is 1. The van der Waals surface area contributed by atoms with Gasteiger partial charge in [0, 0.05) is 57.9 Å². The van der Waals surface area contributed by atoms with Crippen molar-refractivity contribution in [2.75, 3.05) is 38.1 Å². The molecule has 3 aliphatic rings. The Morgan fingerprint density at radius 2 is 1.96 bits per heavy atom. The number of rotatable bonds is 2. The van der Waals surface area contributed by atoms with Crippen molar-refractivity contribution < 1.29 is 9.59 Å². The number of amides is 2. The average molecular weight is 328 g/mol. The number of fused-ring (bicyclic) bond motifs is 1. The molecule has 1 aromatic rings. The number of benzene rings is 1. The molecule has 128 valence electrons. The lowest BCUT2D eigenvalue weighted by Gasteiger charge is -2.32. The summed E-state index contributed by atoms with van der Waals surface area (Å²) in [5.74, 6) is -0.259. The van der Waals surface area contributed by atoms with Gasteiger partial charge in [-0.1, -0.05) is 6.07 Å².